The molecule has 0 saturated heterocycles. The summed E-state index contributed by atoms with van der Waals surface area (Å²) in [4.78, 5) is 11.7. The van der Waals surface area contributed by atoms with Gasteiger partial charge in [0.1, 0.15) is 5.60 Å². The van der Waals surface area contributed by atoms with Crippen LogP contribution >= 0.6 is 0 Å². The Bertz CT molecular complexity index is 211. The van der Waals surface area contributed by atoms with Crippen LogP contribution in [-0.2, 0) is 9.53 Å². The van der Waals surface area contributed by atoms with E-state index in [2.05, 4.69) is 27.7 Å². The summed E-state index contributed by atoms with van der Waals surface area (Å²) in [7, 11) is 0. The maximum atomic E-state index is 11.7. The fraction of sp³-hybridized carbons (Fsp3) is 0.929. The van der Waals surface area contributed by atoms with Gasteiger partial charge in [0.05, 0.1) is 0 Å². The third-order valence-electron chi connectivity index (χ3n) is 2.57. The molecule has 16 heavy (non-hydrogen) atoms. The van der Waals surface area contributed by atoms with Crippen molar-refractivity contribution < 1.29 is 9.53 Å². The Morgan fingerprint density at radius 3 is 1.94 bits per heavy atom. The van der Waals surface area contributed by atoms with Crippen molar-refractivity contribution in [3.63, 3.8) is 0 Å². The number of carbonyl (C=O) groups excluding carboxylic acids is 1. The molecular formula is C14H28O2. The number of rotatable bonds is 5. The number of carbonyl (C=O) groups is 1. The van der Waals surface area contributed by atoms with Crippen molar-refractivity contribution in [1.29, 1.82) is 0 Å². The van der Waals surface area contributed by atoms with E-state index in [1.54, 1.807) is 0 Å². The van der Waals surface area contributed by atoms with Gasteiger partial charge in [-0.05, 0) is 44.9 Å². The minimum atomic E-state index is -0.365. The topological polar surface area (TPSA) is 26.3 Å². The van der Waals surface area contributed by atoms with E-state index >= 15 is 0 Å². The van der Waals surface area contributed by atoms with Crippen LogP contribution in [0, 0.1) is 17.8 Å². The van der Waals surface area contributed by atoms with Gasteiger partial charge in [-0.3, -0.25) is 4.79 Å². The third-order valence-corrected chi connectivity index (χ3v) is 2.57. The second-order valence-corrected chi connectivity index (χ2v) is 6.42. The van der Waals surface area contributed by atoms with Gasteiger partial charge in [-0.15, -0.1) is 0 Å². The Morgan fingerprint density at radius 2 is 1.62 bits per heavy atom. The van der Waals surface area contributed by atoms with Crippen LogP contribution in [-0.4, -0.2) is 11.6 Å². The number of esters is 1. The molecule has 0 fully saturated rings. The Morgan fingerprint density at radius 1 is 1.12 bits per heavy atom. The fourth-order valence-electron chi connectivity index (χ4n) is 1.79. The zero-order chi connectivity index (χ0) is 12.9. The van der Waals surface area contributed by atoms with Crippen molar-refractivity contribution in [2.24, 2.45) is 17.8 Å². The Labute approximate surface area is 101 Å². The predicted octanol–water partition coefficient (Wildman–Crippen LogP) is 4.04. The van der Waals surface area contributed by atoms with Gasteiger partial charge in [-0.2, -0.15) is 0 Å². The van der Waals surface area contributed by atoms with Gasteiger partial charge in [0.25, 0.3) is 0 Å². The average Bonchev–Trinajstić information content (AvgIpc) is 1.97. The van der Waals surface area contributed by atoms with Crippen molar-refractivity contribution >= 4 is 5.97 Å². The molecule has 1 atom stereocenters. The van der Waals surface area contributed by atoms with Crippen molar-refractivity contribution in [2.45, 2.75) is 66.9 Å². The van der Waals surface area contributed by atoms with E-state index < -0.39 is 0 Å². The molecule has 0 spiro atoms. The first-order valence-corrected chi connectivity index (χ1v) is 6.33. The lowest BCUT2D eigenvalue weighted by Crippen LogP contribution is -2.26. The SMILES string of the molecule is CC(C)CC(CC(=O)OC(C)(C)C)C(C)C. The molecule has 0 rings (SSSR count). The van der Waals surface area contributed by atoms with Crippen molar-refractivity contribution in [3.05, 3.63) is 0 Å². The molecule has 96 valence electrons. The Hall–Kier alpha value is -0.530. The molecule has 0 aliphatic rings. The molecule has 0 aromatic heterocycles. The monoisotopic (exact) mass is 228 g/mol. The Balaban J connectivity index is 4.24. The summed E-state index contributed by atoms with van der Waals surface area (Å²) >= 11 is 0. The summed E-state index contributed by atoms with van der Waals surface area (Å²) in [5, 5.41) is 0. The Kier molecular flexibility index (Phi) is 6.06. The summed E-state index contributed by atoms with van der Waals surface area (Å²) in [6, 6.07) is 0. The molecular weight excluding hydrogens is 200 g/mol. The first-order valence-electron chi connectivity index (χ1n) is 6.33. The van der Waals surface area contributed by atoms with Crippen LogP contribution in [0.5, 0.6) is 0 Å². The maximum Gasteiger partial charge on any atom is 0.306 e. The lowest BCUT2D eigenvalue weighted by molar-refractivity contribution is -0.156. The van der Waals surface area contributed by atoms with E-state index in [-0.39, 0.29) is 11.6 Å². The highest BCUT2D eigenvalue weighted by Gasteiger charge is 2.23. The molecule has 2 heteroatoms. The number of hydrogen-bond donors (Lipinski definition) is 0. The molecule has 0 saturated carbocycles. The molecule has 0 heterocycles. The highest BCUT2D eigenvalue weighted by Crippen LogP contribution is 2.25. The summed E-state index contributed by atoms with van der Waals surface area (Å²) in [5.41, 5.74) is -0.365. The third kappa shape index (κ3) is 7.72. The normalized spacial score (nSPS) is 14.3. The highest BCUT2D eigenvalue weighted by atomic mass is 16.6. The summed E-state index contributed by atoms with van der Waals surface area (Å²) < 4.78 is 5.36. The van der Waals surface area contributed by atoms with E-state index in [4.69, 9.17) is 4.74 Å². The molecule has 0 amide bonds. The number of hydrogen-bond acceptors (Lipinski definition) is 2. The lowest BCUT2D eigenvalue weighted by Gasteiger charge is -2.25. The molecule has 0 aliphatic carbocycles. The summed E-state index contributed by atoms with van der Waals surface area (Å²) in [6.07, 6.45) is 1.64. The molecule has 0 aromatic rings. The zero-order valence-corrected chi connectivity index (χ0v) is 12.0. The van der Waals surface area contributed by atoms with Crippen LogP contribution in [0.4, 0.5) is 0 Å². The van der Waals surface area contributed by atoms with Gasteiger partial charge >= 0.3 is 5.97 Å². The fourth-order valence-corrected chi connectivity index (χ4v) is 1.79. The van der Waals surface area contributed by atoms with Gasteiger partial charge in [-0.25, -0.2) is 0 Å². The van der Waals surface area contributed by atoms with Crippen LogP contribution in [0.15, 0.2) is 0 Å². The van der Waals surface area contributed by atoms with Crippen LogP contribution in [0.25, 0.3) is 0 Å². The molecule has 0 bridgehead atoms. The van der Waals surface area contributed by atoms with Crippen LogP contribution < -0.4 is 0 Å². The van der Waals surface area contributed by atoms with Crippen LogP contribution in [0.2, 0.25) is 0 Å². The summed E-state index contributed by atoms with van der Waals surface area (Å²) in [6.45, 7) is 14.5. The first kappa shape index (κ1) is 15.5. The van der Waals surface area contributed by atoms with Crippen molar-refractivity contribution in [3.8, 4) is 0 Å². The highest BCUT2D eigenvalue weighted by molar-refractivity contribution is 5.70. The minimum Gasteiger partial charge on any atom is -0.460 e. The van der Waals surface area contributed by atoms with E-state index in [0.717, 1.165) is 6.42 Å². The lowest BCUT2D eigenvalue weighted by atomic mass is 9.85. The van der Waals surface area contributed by atoms with E-state index in [1.165, 1.54) is 0 Å². The van der Waals surface area contributed by atoms with Crippen molar-refractivity contribution in [2.75, 3.05) is 0 Å². The molecule has 1 unspecified atom stereocenters. The first-order chi connectivity index (χ1) is 7.11. The predicted molar refractivity (Wildman–Crippen MR) is 68.2 cm³/mol. The van der Waals surface area contributed by atoms with Gasteiger partial charge < -0.3 is 4.74 Å². The summed E-state index contributed by atoms with van der Waals surface area (Å²) in [5.74, 6) is 1.55. The van der Waals surface area contributed by atoms with Crippen LogP contribution in [0.3, 0.4) is 0 Å². The average molecular weight is 228 g/mol. The molecule has 0 aliphatic heterocycles. The van der Waals surface area contributed by atoms with E-state index in [9.17, 15) is 4.79 Å². The second kappa shape index (κ2) is 6.27. The molecule has 0 aromatic carbocycles. The smallest absolute Gasteiger partial charge is 0.306 e. The van der Waals surface area contributed by atoms with Crippen LogP contribution in [0.1, 0.15) is 61.3 Å². The molecule has 0 N–H and O–H groups in total. The van der Waals surface area contributed by atoms with Gasteiger partial charge in [0.2, 0.25) is 0 Å². The molecule has 2 nitrogen and oxygen atoms in total. The zero-order valence-electron chi connectivity index (χ0n) is 12.0. The van der Waals surface area contributed by atoms with Crippen molar-refractivity contribution in [1.82, 2.24) is 0 Å². The van der Waals surface area contributed by atoms with Gasteiger partial charge in [0, 0.05) is 6.42 Å². The van der Waals surface area contributed by atoms with Gasteiger partial charge in [0.15, 0.2) is 0 Å². The standard InChI is InChI=1S/C14H28O2/c1-10(2)8-12(11(3)4)9-13(15)16-14(5,6)7/h10-12H,8-9H2,1-7H3. The second-order valence-electron chi connectivity index (χ2n) is 6.42. The largest absolute Gasteiger partial charge is 0.460 e. The minimum absolute atomic E-state index is 0.0631. The van der Waals surface area contributed by atoms with E-state index in [1.807, 2.05) is 20.8 Å². The quantitative estimate of drug-likeness (QED) is 0.664. The van der Waals surface area contributed by atoms with Gasteiger partial charge in [-0.1, -0.05) is 27.7 Å². The van der Waals surface area contributed by atoms with E-state index in [0.29, 0.717) is 24.2 Å². The maximum absolute atomic E-state index is 11.7. The molecule has 0 radical (unpaired) electrons. The number of ether oxygens (including phenoxy) is 1.